The highest BCUT2D eigenvalue weighted by atomic mass is 32.1. The molecule has 0 aliphatic heterocycles. The Hall–Kier alpha value is -1.29. The predicted octanol–water partition coefficient (Wildman–Crippen LogP) is 1.32. The minimum atomic E-state index is -0.0144. The Morgan fingerprint density at radius 3 is 2.42 bits per heavy atom. The molecule has 0 amide bonds. The number of thiocarbonyl (C=S) groups is 1. The van der Waals surface area contributed by atoms with Crippen molar-refractivity contribution in [3.05, 3.63) is 24.3 Å². The summed E-state index contributed by atoms with van der Waals surface area (Å²) in [5, 5.41) is -0.0144. The van der Waals surface area contributed by atoms with Crippen LogP contribution in [0.3, 0.4) is 0 Å². The van der Waals surface area contributed by atoms with E-state index in [1.807, 2.05) is 12.1 Å². The van der Waals surface area contributed by atoms with E-state index < -0.39 is 0 Å². The second-order valence-electron chi connectivity index (χ2n) is 2.07. The fraction of sp³-hybridized carbons (Fsp3) is 0.125. The minimum Gasteiger partial charge on any atom is -0.493 e. The van der Waals surface area contributed by atoms with E-state index >= 15 is 0 Å². The van der Waals surface area contributed by atoms with Gasteiger partial charge in [-0.25, -0.2) is 0 Å². The Morgan fingerprint density at radius 2 is 1.92 bits per heavy atom. The quantitative estimate of drug-likeness (QED) is 0.702. The number of benzene rings is 1. The van der Waals surface area contributed by atoms with Gasteiger partial charge in [0.2, 0.25) is 0 Å². The summed E-state index contributed by atoms with van der Waals surface area (Å²) in [5.74, 6) is 1.15. The summed E-state index contributed by atoms with van der Waals surface area (Å²) in [6.45, 7) is 0. The summed E-state index contributed by atoms with van der Waals surface area (Å²) in [4.78, 5) is 0. The molecule has 1 rings (SSSR count). The normalized spacial score (nSPS) is 9.08. The van der Waals surface area contributed by atoms with Crippen LogP contribution in [0.4, 0.5) is 0 Å². The van der Waals surface area contributed by atoms with Gasteiger partial charge in [-0.3, -0.25) is 0 Å². The summed E-state index contributed by atoms with van der Waals surface area (Å²) in [6, 6.07) is 7.16. The maximum atomic E-state index is 5.20. The van der Waals surface area contributed by atoms with Gasteiger partial charge in [0.25, 0.3) is 5.17 Å². The lowest BCUT2D eigenvalue weighted by atomic mass is 10.3. The lowest BCUT2D eigenvalue weighted by molar-refractivity contribution is 0.392. The summed E-state index contributed by atoms with van der Waals surface area (Å²) >= 11 is 4.59. The third-order valence-electron chi connectivity index (χ3n) is 1.28. The van der Waals surface area contributed by atoms with Crippen LogP contribution < -0.4 is 15.2 Å². The fourth-order valence-corrected chi connectivity index (χ4v) is 0.901. The van der Waals surface area contributed by atoms with Crippen LogP contribution in [-0.2, 0) is 0 Å². The predicted molar refractivity (Wildman–Crippen MR) is 50.4 cm³/mol. The van der Waals surface area contributed by atoms with E-state index in [1.54, 1.807) is 19.2 Å². The van der Waals surface area contributed by atoms with Gasteiger partial charge in [-0.15, -0.1) is 0 Å². The van der Waals surface area contributed by atoms with Crippen LogP contribution in [0, 0.1) is 0 Å². The average molecular weight is 183 g/mol. The molecule has 0 aliphatic rings. The maximum Gasteiger partial charge on any atom is 0.259 e. The molecule has 0 heterocycles. The van der Waals surface area contributed by atoms with Crippen LogP contribution in [0.25, 0.3) is 0 Å². The highest BCUT2D eigenvalue weighted by molar-refractivity contribution is 7.80. The van der Waals surface area contributed by atoms with Crippen molar-refractivity contribution < 1.29 is 9.47 Å². The van der Waals surface area contributed by atoms with Crippen LogP contribution in [0.5, 0.6) is 11.5 Å². The summed E-state index contributed by atoms with van der Waals surface area (Å²) < 4.78 is 10.0. The number of hydrogen-bond donors (Lipinski definition) is 1. The molecule has 4 heteroatoms. The topological polar surface area (TPSA) is 44.5 Å². The zero-order chi connectivity index (χ0) is 8.97. The van der Waals surface area contributed by atoms with Gasteiger partial charge in [0.1, 0.15) is 0 Å². The van der Waals surface area contributed by atoms with Gasteiger partial charge in [-0.05, 0) is 24.4 Å². The van der Waals surface area contributed by atoms with Crippen molar-refractivity contribution >= 4 is 17.4 Å². The van der Waals surface area contributed by atoms with E-state index in [2.05, 4.69) is 12.2 Å². The molecule has 12 heavy (non-hydrogen) atoms. The molecule has 0 saturated heterocycles. The molecule has 0 radical (unpaired) electrons. The Kier molecular flexibility index (Phi) is 2.88. The molecule has 64 valence electrons. The Balaban J connectivity index is 2.89. The molecule has 0 aromatic heterocycles. The van der Waals surface area contributed by atoms with Gasteiger partial charge in [-0.1, -0.05) is 12.1 Å². The minimum absolute atomic E-state index is 0.0144. The molecule has 0 saturated carbocycles. The zero-order valence-corrected chi connectivity index (χ0v) is 7.43. The molecular weight excluding hydrogens is 174 g/mol. The molecule has 0 unspecified atom stereocenters. The largest absolute Gasteiger partial charge is 0.493 e. The summed E-state index contributed by atoms with van der Waals surface area (Å²) in [6.07, 6.45) is 0. The average Bonchev–Trinajstić information content (AvgIpc) is 2.04. The molecule has 0 fully saturated rings. The van der Waals surface area contributed by atoms with Gasteiger partial charge in [0.15, 0.2) is 11.5 Å². The van der Waals surface area contributed by atoms with E-state index in [-0.39, 0.29) is 5.17 Å². The highest BCUT2D eigenvalue weighted by Crippen LogP contribution is 2.25. The van der Waals surface area contributed by atoms with E-state index in [9.17, 15) is 0 Å². The van der Waals surface area contributed by atoms with Crippen molar-refractivity contribution in [2.24, 2.45) is 5.73 Å². The molecule has 1 aromatic rings. The third kappa shape index (κ3) is 2.10. The number of para-hydroxylation sites is 2. The molecule has 2 N–H and O–H groups in total. The Morgan fingerprint density at radius 1 is 1.33 bits per heavy atom. The number of hydrogen-bond acceptors (Lipinski definition) is 3. The third-order valence-corrected chi connectivity index (χ3v) is 1.36. The van der Waals surface area contributed by atoms with E-state index in [0.717, 1.165) is 0 Å². The number of methoxy groups -OCH3 is 1. The van der Waals surface area contributed by atoms with E-state index in [1.165, 1.54) is 0 Å². The van der Waals surface area contributed by atoms with E-state index in [0.29, 0.717) is 11.5 Å². The zero-order valence-electron chi connectivity index (χ0n) is 6.61. The van der Waals surface area contributed by atoms with Gasteiger partial charge < -0.3 is 15.2 Å². The molecular formula is C8H9NO2S. The molecule has 0 bridgehead atoms. The van der Waals surface area contributed by atoms with Gasteiger partial charge in [0.05, 0.1) is 7.11 Å². The van der Waals surface area contributed by atoms with Gasteiger partial charge >= 0.3 is 0 Å². The van der Waals surface area contributed by atoms with Crippen LogP contribution in [0.15, 0.2) is 24.3 Å². The first-order valence-electron chi connectivity index (χ1n) is 3.34. The molecule has 0 spiro atoms. The number of ether oxygens (including phenoxy) is 2. The molecule has 1 aromatic carbocycles. The molecule has 3 nitrogen and oxygen atoms in total. The first-order chi connectivity index (χ1) is 5.74. The lowest BCUT2D eigenvalue weighted by Gasteiger charge is -2.07. The first-order valence-corrected chi connectivity index (χ1v) is 3.75. The lowest BCUT2D eigenvalue weighted by Crippen LogP contribution is -2.16. The Labute approximate surface area is 76.1 Å². The van der Waals surface area contributed by atoms with Crippen LogP contribution in [0.2, 0.25) is 0 Å². The van der Waals surface area contributed by atoms with Crippen LogP contribution in [0.1, 0.15) is 0 Å². The monoisotopic (exact) mass is 183 g/mol. The van der Waals surface area contributed by atoms with Crippen molar-refractivity contribution in [1.29, 1.82) is 0 Å². The molecule has 0 aliphatic carbocycles. The second kappa shape index (κ2) is 3.92. The highest BCUT2D eigenvalue weighted by Gasteiger charge is 2.02. The number of nitrogens with two attached hydrogens (primary N) is 1. The van der Waals surface area contributed by atoms with Crippen molar-refractivity contribution in [1.82, 2.24) is 0 Å². The van der Waals surface area contributed by atoms with Crippen molar-refractivity contribution in [2.75, 3.05) is 7.11 Å². The maximum absolute atomic E-state index is 5.20. The number of rotatable bonds is 2. The fourth-order valence-electron chi connectivity index (χ4n) is 0.811. The second-order valence-corrected chi connectivity index (χ2v) is 2.47. The Bertz CT molecular complexity index is 288. The smallest absolute Gasteiger partial charge is 0.259 e. The van der Waals surface area contributed by atoms with Crippen molar-refractivity contribution in [3.63, 3.8) is 0 Å². The first kappa shape index (κ1) is 8.80. The van der Waals surface area contributed by atoms with Gasteiger partial charge in [-0.2, -0.15) is 0 Å². The van der Waals surface area contributed by atoms with Gasteiger partial charge in [0, 0.05) is 0 Å². The molecule has 0 atom stereocenters. The standard InChI is InChI=1S/C8H9NO2S/c1-10-6-4-2-3-5-7(6)11-8(9)12/h2-5H,1H3,(H2,9,12). The van der Waals surface area contributed by atoms with Crippen LogP contribution >= 0.6 is 12.2 Å². The van der Waals surface area contributed by atoms with Crippen molar-refractivity contribution in [3.8, 4) is 11.5 Å². The summed E-state index contributed by atoms with van der Waals surface area (Å²) in [5.41, 5.74) is 5.20. The SMILES string of the molecule is COc1ccccc1OC(N)=S. The van der Waals surface area contributed by atoms with Crippen LogP contribution in [-0.4, -0.2) is 12.3 Å². The summed E-state index contributed by atoms with van der Waals surface area (Å²) in [7, 11) is 1.56. The van der Waals surface area contributed by atoms with E-state index in [4.69, 9.17) is 15.2 Å². The van der Waals surface area contributed by atoms with Crippen molar-refractivity contribution in [2.45, 2.75) is 0 Å².